The molecule has 1 aromatic carbocycles. The van der Waals surface area contributed by atoms with E-state index in [9.17, 15) is 0 Å². The van der Waals surface area contributed by atoms with E-state index >= 15 is 0 Å². The molecule has 7 heteroatoms. The molecular formula is C17H21ClN4O2. The Morgan fingerprint density at radius 3 is 2.71 bits per heavy atom. The molecule has 0 unspecified atom stereocenters. The lowest BCUT2D eigenvalue weighted by atomic mass is 10.2. The molecule has 0 fully saturated rings. The van der Waals surface area contributed by atoms with Gasteiger partial charge in [0.05, 0.1) is 24.4 Å². The molecule has 2 rings (SSSR count). The molecule has 0 saturated carbocycles. The zero-order valence-corrected chi connectivity index (χ0v) is 15.1. The lowest BCUT2D eigenvalue weighted by Gasteiger charge is -2.17. The van der Waals surface area contributed by atoms with E-state index in [-0.39, 0.29) is 0 Å². The molecule has 0 aliphatic rings. The number of halogens is 1. The van der Waals surface area contributed by atoms with Crippen LogP contribution in [0.5, 0.6) is 11.5 Å². The number of aryl methyl sites for hydroxylation is 2. The van der Waals surface area contributed by atoms with Crippen LogP contribution < -0.4 is 9.47 Å². The molecule has 0 atom stereocenters. The highest BCUT2D eigenvalue weighted by molar-refractivity contribution is 6.30. The highest BCUT2D eigenvalue weighted by Crippen LogP contribution is 2.27. The molecule has 128 valence electrons. The van der Waals surface area contributed by atoms with Crippen molar-refractivity contribution in [2.24, 2.45) is 7.05 Å². The molecule has 0 bridgehead atoms. The molecule has 24 heavy (non-hydrogen) atoms. The average molecular weight is 349 g/mol. The van der Waals surface area contributed by atoms with Crippen LogP contribution >= 0.6 is 11.6 Å². The van der Waals surface area contributed by atoms with Gasteiger partial charge < -0.3 is 9.47 Å². The van der Waals surface area contributed by atoms with Gasteiger partial charge in [-0.05, 0) is 26.1 Å². The monoisotopic (exact) mass is 348 g/mol. The number of ether oxygens (including phenoxy) is 2. The number of benzene rings is 1. The number of aromatic nitrogens is 2. The quantitative estimate of drug-likeness (QED) is 0.769. The van der Waals surface area contributed by atoms with Gasteiger partial charge in [0.1, 0.15) is 11.8 Å². The minimum atomic E-state index is 0.496. The van der Waals surface area contributed by atoms with Gasteiger partial charge in [-0.25, -0.2) is 0 Å². The lowest BCUT2D eigenvalue weighted by Crippen LogP contribution is -2.24. The SMILES string of the molecule is COc1cc(C#N)ccc1OCCN(C)Cc1c(C)nn(C)c1Cl. The second-order valence-corrected chi connectivity index (χ2v) is 5.90. The zero-order valence-electron chi connectivity index (χ0n) is 14.3. The average Bonchev–Trinajstić information content (AvgIpc) is 2.81. The first-order valence-electron chi connectivity index (χ1n) is 7.53. The smallest absolute Gasteiger partial charge is 0.162 e. The van der Waals surface area contributed by atoms with Gasteiger partial charge in [-0.1, -0.05) is 11.6 Å². The molecule has 2 aromatic rings. The van der Waals surface area contributed by atoms with Crippen molar-refractivity contribution in [1.82, 2.24) is 14.7 Å². The van der Waals surface area contributed by atoms with Crippen molar-refractivity contribution in [1.29, 1.82) is 5.26 Å². The predicted octanol–water partition coefficient (Wildman–Crippen LogP) is 2.77. The standard InChI is InChI=1S/C17H21ClN4O2/c1-12-14(17(18)22(3)20-12)11-21(2)7-8-24-15-6-5-13(10-19)9-16(15)23-4/h5-6,9H,7-8,11H2,1-4H3. The van der Waals surface area contributed by atoms with Crippen LogP contribution in [0.25, 0.3) is 0 Å². The molecule has 1 aromatic heterocycles. The summed E-state index contributed by atoms with van der Waals surface area (Å²) < 4.78 is 12.7. The van der Waals surface area contributed by atoms with E-state index in [1.807, 2.05) is 21.0 Å². The molecule has 0 saturated heterocycles. The number of rotatable bonds is 7. The maximum absolute atomic E-state index is 8.91. The van der Waals surface area contributed by atoms with E-state index < -0.39 is 0 Å². The van der Waals surface area contributed by atoms with E-state index in [1.165, 1.54) is 0 Å². The van der Waals surface area contributed by atoms with E-state index in [1.54, 1.807) is 30.0 Å². The molecule has 0 spiro atoms. The second-order valence-electron chi connectivity index (χ2n) is 5.54. The summed E-state index contributed by atoms with van der Waals surface area (Å²) >= 11 is 6.26. The largest absolute Gasteiger partial charge is 0.493 e. The van der Waals surface area contributed by atoms with Crippen LogP contribution in [0.2, 0.25) is 5.15 Å². The Kier molecular flexibility index (Phi) is 6.07. The van der Waals surface area contributed by atoms with Gasteiger partial charge in [-0.2, -0.15) is 10.4 Å². The van der Waals surface area contributed by atoms with Crippen LogP contribution in [0, 0.1) is 18.3 Å². The zero-order chi connectivity index (χ0) is 17.7. The fourth-order valence-electron chi connectivity index (χ4n) is 2.37. The van der Waals surface area contributed by atoms with Crippen molar-refractivity contribution in [3.05, 3.63) is 40.2 Å². The van der Waals surface area contributed by atoms with Crippen molar-refractivity contribution in [2.75, 3.05) is 27.3 Å². The summed E-state index contributed by atoms with van der Waals surface area (Å²) in [6, 6.07) is 7.20. The fraction of sp³-hybridized carbons (Fsp3) is 0.412. The summed E-state index contributed by atoms with van der Waals surface area (Å²) in [5.74, 6) is 1.18. The van der Waals surface area contributed by atoms with Gasteiger partial charge >= 0.3 is 0 Å². The summed E-state index contributed by atoms with van der Waals surface area (Å²) in [6.07, 6.45) is 0. The molecule has 0 aliphatic carbocycles. The first kappa shape index (κ1) is 18.1. The Balaban J connectivity index is 1.91. The Bertz CT molecular complexity index is 752. The maximum atomic E-state index is 8.91. The van der Waals surface area contributed by atoms with Crippen molar-refractivity contribution < 1.29 is 9.47 Å². The molecule has 0 radical (unpaired) electrons. The summed E-state index contributed by atoms with van der Waals surface area (Å²) in [5.41, 5.74) is 2.50. The van der Waals surface area contributed by atoms with Gasteiger partial charge in [-0.15, -0.1) is 0 Å². The van der Waals surface area contributed by atoms with Crippen LogP contribution in [-0.4, -0.2) is 42.0 Å². The van der Waals surface area contributed by atoms with Crippen molar-refractivity contribution in [3.63, 3.8) is 0 Å². The van der Waals surface area contributed by atoms with Crippen LogP contribution in [0.4, 0.5) is 0 Å². The predicted molar refractivity (Wildman–Crippen MR) is 92.5 cm³/mol. The van der Waals surface area contributed by atoms with Gasteiger partial charge in [0.25, 0.3) is 0 Å². The maximum Gasteiger partial charge on any atom is 0.162 e. The highest BCUT2D eigenvalue weighted by Gasteiger charge is 2.13. The minimum absolute atomic E-state index is 0.496. The highest BCUT2D eigenvalue weighted by atomic mass is 35.5. The van der Waals surface area contributed by atoms with Crippen LogP contribution in [0.1, 0.15) is 16.8 Å². The number of nitrogens with zero attached hydrogens (tertiary/aromatic N) is 4. The number of likely N-dealkylation sites (N-methyl/N-ethyl adjacent to an activating group) is 1. The van der Waals surface area contributed by atoms with Crippen molar-refractivity contribution >= 4 is 11.6 Å². The topological polar surface area (TPSA) is 63.3 Å². The normalized spacial score (nSPS) is 10.7. The summed E-state index contributed by atoms with van der Waals surface area (Å²) in [5, 5.41) is 13.9. The molecule has 0 aliphatic heterocycles. The van der Waals surface area contributed by atoms with Gasteiger partial charge in [0.2, 0.25) is 0 Å². The van der Waals surface area contributed by atoms with Gasteiger partial charge in [-0.3, -0.25) is 9.58 Å². The lowest BCUT2D eigenvalue weighted by molar-refractivity contribution is 0.226. The van der Waals surface area contributed by atoms with Crippen molar-refractivity contribution in [2.45, 2.75) is 13.5 Å². The van der Waals surface area contributed by atoms with Crippen LogP contribution in [0.15, 0.2) is 18.2 Å². The van der Waals surface area contributed by atoms with E-state index in [0.717, 1.165) is 11.3 Å². The molecule has 0 N–H and O–H groups in total. The summed E-state index contributed by atoms with van der Waals surface area (Å²) in [6.45, 7) is 3.86. The number of methoxy groups -OCH3 is 1. The third-order valence-corrected chi connectivity index (χ3v) is 4.19. The Morgan fingerprint density at radius 2 is 2.12 bits per heavy atom. The summed E-state index contributed by atoms with van der Waals surface area (Å²) in [7, 11) is 5.39. The van der Waals surface area contributed by atoms with E-state index in [4.69, 9.17) is 26.3 Å². The minimum Gasteiger partial charge on any atom is -0.493 e. The first-order valence-corrected chi connectivity index (χ1v) is 7.91. The third kappa shape index (κ3) is 4.19. The molecule has 1 heterocycles. The number of hydrogen-bond acceptors (Lipinski definition) is 5. The molecule has 0 amide bonds. The van der Waals surface area contributed by atoms with E-state index in [0.29, 0.717) is 41.9 Å². The van der Waals surface area contributed by atoms with Crippen LogP contribution in [0.3, 0.4) is 0 Å². The summed E-state index contributed by atoms with van der Waals surface area (Å²) in [4.78, 5) is 2.12. The van der Waals surface area contributed by atoms with E-state index in [2.05, 4.69) is 16.1 Å². The first-order chi connectivity index (χ1) is 11.5. The van der Waals surface area contributed by atoms with Gasteiger partial charge in [0, 0.05) is 31.8 Å². The number of nitriles is 1. The third-order valence-electron chi connectivity index (χ3n) is 3.72. The molecule has 6 nitrogen and oxygen atoms in total. The van der Waals surface area contributed by atoms with Gasteiger partial charge in [0.15, 0.2) is 11.5 Å². The number of hydrogen-bond donors (Lipinski definition) is 0. The van der Waals surface area contributed by atoms with Crippen molar-refractivity contribution in [3.8, 4) is 17.6 Å². The Morgan fingerprint density at radius 1 is 1.38 bits per heavy atom. The Labute approximate surface area is 147 Å². The molecular weight excluding hydrogens is 328 g/mol. The Hall–Kier alpha value is -2.23. The fourth-order valence-corrected chi connectivity index (χ4v) is 2.60. The van der Waals surface area contributed by atoms with Crippen LogP contribution in [-0.2, 0) is 13.6 Å². The second kappa shape index (κ2) is 8.04.